The van der Waals surface area contributed by atoms with E-state index in [0.29, 0.717) is 12.5 Å². The van der Waals surface area contributed by atoms with E-state index in [1.165, 1.54) is 77.0 Å². The number of halogens is 2. The number of carbonyl (C=O) groups excluding carboxylic acids is 2. The van der Waals surface area contributed by atoms with Crippen molar-refractivity contribution in [3.63, 3.8) is 0 Å². The van der Waals surface area contributed by atoms with E-state index in [0.717, 1.165) is 25.0 Å². The lowest BCUT2D eigenvalue weighted by molar-refractivity contribution is -0.120. The van der Waals surface area contributed by atoms with E-state index in [4.69, 9.17) is 0 Å². The topological polar surface area (TPSA) is 46.2 Å². The molecule has 1 rings (SSSR count). The van der Waals surface area contributed by atoms with E-state index in [2.05, 4.69) is 12.2 Å². The molecule has 0 aromatic heterocycles. The summed E-state index contributed by atoms with van der Waals surface area (Å²) in [5, 5.41) is 2.19. The Morgan fingerprint density at radius 2 is 1.07 bits per heavy atom. The first-order valence-corrected chi connectivity index (χ1v) is 11.8. The Hall–Kier alpha value is -1.78. The summed E-state index contributed by atoms with van der Waals surface area (Å²) >= 11 is 0. The van der Waals surface area contributed by atoms with Crippen LogP contribution in [-0.2, 0) is 4.79 Å². The van der Waals surface area contributed by atoms with Gasteiger partial charge in [0.1, 0.15) is 11.6 Å². The molecule has 0 aliphatic carbocycles. The first kappa shape index (κ1) is 26.3. The summed E-state index contributed by atoms with van der Waals surface area (Å²) in [6, 6.07) is 2.52. The van der Waals surface area contributed by atoms with Crippen molar-refractivity contribution in [2.24, 2.45) is 0 Å². The lowest BCUT2D eigenvalue weighted by Crippen LogP contribution is -2.30. The second kappa shape index (κ2) is 17.0. The number of imide groups is 1. The van der Waals surface area contributed by atoms with Crippen LogP contribution in [0.4, 0.5) is 8.78 Å². The molecular weight excluding hydrogens is 384 g/mol. The predicted molar refractivity (Wildman–Crippen MR) is 118 cm³/mol. The number of hydrogen-bond donors (Lipinski definition) is 1. The largest absolute Gasteiger partial charge is 0.292 e. The first-order valence-electron chi connectivity index (χ1n) is 11.8. The Morgan fingerprint density at radius 1 is 0.667 bits per heavy atom. The zero-order valence-corrected chi connectivity index (χ0v) is 18.6. The van der Waals surface area contributed by atoms with Crippen molar-refractivity contribution >= 4 is 11.8 Å². The van der Waals surface area contributed by atoms with Crippen molar-refractivity contribution in [1.82, 2.24) is 5.32 Å². The highest BCUT2D eigenvalue weighted by Crippen LogP contribution is 2.14. The van der Waals surface area contributed by atoms with Crippen LogP contribution in [0.5, 0.6) is 0 Å². The van der Waals surface area contributed by atoms with Gasteiger partial charge in [0.15, 0.2) is 0 Å². The van der Waals surface area contributed by atoms with Crippen molar-refractivity contribution in [2.45, 2.75) is 110 Å². The molecule has 3 nitrogen and oxygen atoms in total. The van der Waals surface area contributed by atoms with Gasteiger partial charge in [-0.25, -0.2) is 8.78 Å². The Morgan fingerprint density at radius 3 is 1.50 bits per heavy atom. The smallest absolute Gasteiger partial charge is 0.258 e. The molecule has 0 aliphatic rings. The molecule has 0 saturated carbocycles. The Balaban J connectivity index is 1.93. The van der Waals surface area contributed by atoms with Crippen LogP contribution in [0.2, 0.25) is 0 Å². The number of nitrogens with one attached hydrogen (secondary N) is 1. The molecule has 0 bridgehead atoms. The minimum Gasteiger partial charge on any atom is -0.292 e. The molecule has 0 unspecified atom stereocenters. The zero-order valence-electron chi connectivity index (χ0n) is 18.6. The van der Waals surface area contributed by atoms with Gasteiger partial charge in [0, 0.05) is 18.1 Å². The minimum absolute atomic E-state index is 0.183. The highest BCUT2D eigenvalue weighted by Gasteiger charge is 2.12. The third-order valence-electron chi connectivity index (χ3n) is 5.39. The molecule has 0 aliphatic heterocycles. The van der Waals surface area contributed by atoms with Gasteiger partial charge in [0.2, 0.25) is 5.91 Å². The Bertz CT molecular complexity index is 599. The van der Waals surface area contributed by atoms with E-state index in [1.807, 2.05) is 0 Å². The van der Waals surface area contributed by atoms with E-state index in [-0.39, 0.29) is 12.0 Å². The first-order chi connectivity index (χ1) is 14.5. The van der Waals surface area contributed by atoms with Gasteiger partial charge in [-0.1, -0.05) is 96.8 Å². The standard InChI is InChI=1S/C25H39F2NO2/c1-2-3-4-5-6-7-8-9-10-11-12-13-14-15-16-17-24(29)28-25(30)21-18-22(26)20-23(27)19-21/h18-20H,2-17H2,1H3,(H,28,29,30). The van der Waals surface area contributed by atoms with Gasteiger partial charge < -0.3 is 0 Å². The number of rotatable bonds is 17. The predicted octanol–water partition coefficient (Wildman–Crippen LogP) is 7.48. The van der Waals surface area contributed by atoms with Crippen molar-refractivity contribution in [1.29, 1.82) is 0 Å². The Kier molecular flexibility index (Phi) is 14.8. The lowest BCUT2D eigenvalue weighted by atomic mass is 10.0. The SMILES string of the molecule is CCCCCCCCCCCCCCCCCC(=O)NC(=O)c1cc(F)cc(F)c1. The summed E-state index contributed by atoms with van der Waals surface area (Å²) in [5.74, 6) is -2.84. The maximum atomic E-state index is 13.1. The average Bonchev–Trinajstić information content (AvgIpc) is 2.70. The normalized spacial score (nSPS) is 10.9. The van der Waals surface area contributed by atoms with Gasteiger partial charge in [-0.15, -0.1) is 0 Å². The molecule has 170 valence electrons. The number of amides is 2. The molecule has 0 fully saturated rings. The van der Waals surface area contributed by atoms with Crippen LogP contribution in [0.3, 0.4) is 0 Å². The molecule has 0 radical (unpaired) electrons. The van der Waals surface area contributed by atoms with Crippen LogP contribution < -0.4 is 5.32 Å². The summed E-state index contributed by atoms with van der Waals surface area (Å²) in [5.41, 5.74) is -0.183. The summed E-state index contributed by atoms with van der Waals surface area (Å²) in [6.45, 7) is 2.25. The van der Waals surface area contributed by atoms with E-state index < -0.39 is 23.4 Å². The molecule has 0 spiro atoms. The van der Waals surface area contributed by atoms with Crippen LogP contribution in [0.15, 0.2) is 18.2 Å². The van der Waals surface area contributed by atoms with Crippen molar-refractivity contribution in [3.05, 3.63) is 35.4 Å². The number of benzene rings is 1. The maximum absolute atomic E-state index is 13.1. The molecule has 1 N–H and O–H groups in total. The highest BCUT2D eigenvalue weighted by atomic mass is 19.1. The number of unbranched alkanes of at least 4 members (excludes halogenated alkanes) is 14. The molecule has 0 atom stereocenters. The number of hydrogen-bond acceptors (Lipinski definition) is 2. The fraction of sp³-hybridized carbons (Fsp3) is 0.680. The molecule has 30 heavy (non-hydrogen) atoms. The van der Waals surface area contributed by atoms with Gasteiger partial charge in [0.05, 0.1) is 0 Å². The van der Waals surface area contributed by atoms with Gasteiger partial charge >= 0.3 is 0 Å². The van der Waals surface area contributed by atoms with Crippen LogP contribution >= 0.6 is 0 Å². The third-order valence-corrected chi connectivity index (χ3v) is 5.39. The van der Waals surface area contributed by atoms with Crippen LogP contribution in [0.25, 0.3) is 0 Å². The second-order valence-electron chi connectivity index (χ2n) is 8.24. The number of carbonyl (C=O) groups is 2. The maximum Gasteiger partial charge on any atom is 0.258 e. The molecule has 2 amide bonds. The highest BCUT2D eigenvalue weighted by molar-refractivity contribution is 6.04. The van der Waals surface area contributed by atoms with Crippen molar-refractivity contribution in [2.75, 3.05) is 0 Å². The molecule has 0 heterocycles. The molecular formula is C25H39F2NO2. The molecule has 5 heteroatoms. The van der Waals surface area contributed by atoms with Gasteiger partial charge in [-0.2, -0.15) is 0 Å². The van der Waals surface area contributed by atoms with Crippen LogP contribution in [0, 0.1) is 11.6 Å². The van der Waals surface area contributed by atoms with Crippen molar-refractivity contribution in [3.8, 4) is 0 Å². The van der Waals surface area contributed by atoms with Gasteiger partial charge in [-0.3, -0.25) is 14.9 Å². The lowest BCUT2D eigenvalue weighted by Gasteiger charge is -2.05. The fourth-order valence-corrected chi connectivity index (χ4v) is 3.60. The summed E-state index contributed by atoms with van der Waals surface area (Å²) in [4.78, 5) is 23.7. The monoisotopic (exact) mass is 423 g/mol. The van der Waals surface area contributed by atoms with Gasteiger partial charge in [-0.05, 0) is 18.6 Å². The fourth-order valence-electron chi connectivity index (χ4n) is 3.60. The zero-order chi connectivity index (χ0) is 22.0. The van der Waals surface area contributed by atoms with Crippen LogP contribution in [0.1, 0.15) is 120 Å². The molecule has 1 aromatic carbocycles. The summed E-state index contributed by atoms with van der Waals surface area (Å²) in [6.07, 6.45) is 19.0. The quantitative estimate of drug-likeness (QED) is 0.264. The van der Waals surface area contributed by atoms with Crippen molar-refractivity contribution < 1.29 is 18.4 Å². The third kappa shape index (κ3) is 13.4. The van der Waals surface area contributed by atoms with Crippen LogP contribution in [-0.4, -0.2) is 11.8 Å². The van der Waals surface area contributed by atoms with E-state index in [9.17, 15) is 18.4 Å². The average molecular weight is 424 g/mol. The van der Waals surface area contributed by atoms with Gasteiger partial charge in [0.25, 0.3) is 5.91 Å². The Labute approximate surface area is 181 Å². The van der Waals surface area contributed by atoms with E-state index in [1.54, 1.807) is 0 Å². The van der Waals surface area contributed by atoms with E-state index >= 15 is 0 Å². The minimum atomic E-state index is -0.838. The molecule has 1 aromatic rings. The summed E-state index contributed by atoms with van der Waals surface area (Å²) in [7, 11) is 0. The second-order valence-corrected chi connectivity index (χ2v) is 8.24. The summed E-state index contributed by atoms with van der Waals surface area (Å²) < 4.78 is 26.3. The molecule has 0 saturated heterocycles.